The molecule has 1 aliphatic rings. The molecular weight excluding hydrogens is 268 g/mol. The zero-order valence-electron chi connectivity index (χ0n) is 13.0. The normalized spacial score (nSPS) is 16.2. The Balaban J connectivity index is 2.29. The van der Waals surface area contributed by atoms with E-state index < -0.39 is 0 Å². The van der Waals surface area contributed by atoms with Gasteiger partial charge in [0.15, 0.2) is 0 Å². The van der Waals surface area contributed by atoms with Gasteiger partial charge in [-0.2, -0.15) is 0 Å². The number of aromatic nitrogens is 1. The molecule has 0 spiro atoms. The van der Waals surface area contributed by atoms with Gasteiger partial charge in [-0.25, -0.2) is 4.98 Å². The van der Waals surface area contributed by atoms with E-state index in [1.165, 1.54) is 0 Å². The van der Waals surface area contributed by atoms with Crippen LogP contribution < -0.4 is 10.2 Å². The fraction of sp³-hybridized carbons (Fsp3) is 0.667. The van der Waals surface area contributed by atoms with Crippen LogP contribution in [-0.4, -0.2) is 35.6 Å². The Morgan fingerprint density at radius 1 is 1.48 bits per heavy atom. The average molecular weight is 292 g/mol. The fourth-order valence-corrected chi connectivity index (χ4v) is 2.86. The van der Waals surface area contributed by atoms with Gasteiger partial charge in [-0.1, -0.05) is 0 Å². The lowest BCUT2D eigenvalue weighted by Crippen LogP contribution is -2.40. The van der Waals surface area contributed by atoms with E-state index in [1.807, 2.05) is 0 Å². The Labute approximate surface area is 125 Å². The summed E-state index contributed by atoms with van der Waals surface area (Å²) in [5.74, 6) is 1.07. The van der Waals surface area contributed by atoms with Gasteiger partial charge < -0.3 is 10.2 Å². The molecule has 0 atom stereocenters. The summed E-state index contributed by atoms with van der Waals surface area (Å²) >= 11 is 0. The van der Waals surface area contributed by atoms with Gasteiger partial charge in [0, 0.05) is 24.3 Å². The monoisotopic (exact) mass is 292 g/mol. The summed E-state index contributed by atoms with van der Waals surface area (Å²) in [6.07, 6.45) is 3.89. The maximum Gasteiger partial charge on any atom is 0.314 e. The number of nitro groups is 1. The van der Waals surface area contributed by atoms with Crippen LogP contribution in [0.15, 0.2) is 12.3 Å². The first-order valence-corrected chi connectivity index (χ1v) is 7.58. The highest BCUT2D eigenvalue weighted by atomic mass is 16.6. The minimum Gasteiger partial charge on any atom is -0.348 e. The van der Waals surface area contributed by atoms with E-state index >= 15 is 0 Å². The highest BCUT2D eigenvalue weighted by Gasteiger charge is 2.27. The molecule has 0 radical (unpaired) electrons. The molecule has 1 fully saturated rings. The molecule has 2 rings (SSSR count). The third kappa shape index (κ3) is 3.69. The summed E-state index contributed by atoms with van der Waals surface area (Å²) in [6, 6.07) is 1.89. The summed E-state index contributed by atoms with van der Waals surface area (Å²) in [5, 5.41) is 14.7. The molecule has 0 bridgehead atoms. The zero-order valence-corrected chi connectivity index (χ0v) is 13.0. The topological polar surface area (TPSA) is 71.3 Å². The number of nitrogens with zero attached hydrogens (tertiary/aromatic N) is 3. The van der Waals surface area contributed by atoms with Crippen LogP contribution in [0.1, 0.15) is 32.3 Å². The molecule has 21 heavy (non-hydrogen) atoms. The van der Waals surface area contributed by atoms with E-state index in [1.54, 1.807) is 19.2 Å². The minimum absolute atomic E-state index is 0.139. The fourth-order valence-electron chi connectivity index (χ4n) is 2.86. The largest absolute Gasteiger partial charge is 0.348 e. The number of pyridine rings is 1. The van der Waals surface area contributed by atoms with Crippen molar-refractivity contribution in [2.75, 3.05) is 24.5 Å². The molecule has 0 amide bonds. The van der Waals surface area contributed by atoms with E-state index in [-0.39, 0.29) is 16.7 Å². The van der Waals surface area contributed by atoms with Crippen molar-refractivity contribution in [3.05, 3.63) is 27.9 Å². The van der Waals surface area contributed by atoms with Crippen LogP contribution in [0, 0.1) is 23.0 Å². The zero-order chi connectivity index (χ0) is 15.4. The van der Waals surface area contributed by atoms with Crippen molar-refractivity contribution in [3.8, 4) is 0 Å². The number of nitrogens with one attached hydrogen (secondary N) is 1. The third-order valence-electron chi connectivity index (χ3n) is 4.10. The summed E-state index contributed by atoms with van der Waals surface area (Å²) in [6.45, 7) is 8.78. The highest BCUT2D eigenvalue weighted by molar-refractivity contribution is 5.61. The molecule has 2 heterocycles. The number of rotatable bonds is 5. The van der Waals surface area contributed by atoms with Crippen molar-refractivity contribution in [2.24, 2.45) is 5.92 Å². The van der Waals surface area contributed by atoms with Gasteiger partial charge in [0.25, 0.3) is 0 Å². The van der Waals surface area contributed by atoms with Gasteiger partial charge >= 0.3 is 5.69 Å². The Morgan fingerprint density at radius 2 is 2.14 bits per heavy atom. The van der Waals surface area contributed by atoms with Crippen LogP contribution in [0.5, 0.6) is 0 Å². The second-order valence-corrected chi connectivity index (χ2v) is 6.00. The van der Waals surface area contributed by atoms with Crippen LogP contribution in [-0.2, 0) is 0 Å². The standard InChI is InChI=1S/C15H24N4O2/c1-11(2)18(10-13-5-7-16-8-6-13)15-14(19(20)21)12(3)4-9-17-15/h4,9,11,13,16H,5-8,10H2,1-3H3. The number of hydrogen-bond acceptors (Lipinski definition) is 5. The van der Waals surface area contributed by atoms with E-state index in [0.717, 1.165) is 32.5 Å². The Bertz CT molecular complexity index is 498. The quantitative estimate of drug-likeness (QED) is 0.667. The maximum atomic E-state index is 11.4. The van der Waals surface area contributed by atoms with Crippen LogP contribution in [0.4, 0.5) is 11.5 Å². The predicted octanol–water partition coefficient (Wildman–Crippen LogP) is 2.51. The van der Waals surface area contributed by atoms with E-state index in [4.69, 9.17) is 0 Å². The molecule has 0 unspecified atom stereocenters. The van der Waals surface area contributed by atoms with Gasteiger partial charge in [-0.15, -0.1) is 0 Å². The highest BCUT2D eigenvalue weighted by Crippen LogP contribution is 2.31. The maximum absolute atomic E-state index is 11.4. The molecule has 0 saturated carbocycles. The predicted molar refractivity (Wildman–Crippen MR) is 83.7 cm³/mol. The van der Waals surface area contributed by atoms with Gasteiger partial charge in [-0.3, -0.25) is 10.1 Å². The molecule has 0 aromatic carbocycles. The lowest BCUT2D eigenvalue weighted by Gasteiger charge is -2.33. The average Bonchev–Trinajstić information content (AvgIpc) is 2.45. The van der Waals surface area contributed by atoms with Gasteiger partial charge in [0.1, 0.15) is 0 Å². The van der Waals surface area contributed by atoms with E-state index in [2.05, 4.69) is 29.0 Å². The summed E-state index contributed by atoms with van der Waals surface area (Å²) in [4.78, 5) is 17.5. The Kier molecular flexibility index (Phi) is 5.12. The molecular formula is C15H24N4O2. The number of anilines is 1. The summed E-state index contributed by atoms with van der Waals surface area (Å²) in [5.41, 5.74) is 0.807. The molecule has 1 aliphatic heterocycles. The SMILES string of the molecule is Cc1ccnc(N(CC2CCNCC2)C(C)C)c1[N+](=O)[O-]. The van der Waals surface area contributed by atoms with Crippen molar-refractivity contribution in [1.82, 2.24) is 10.3 Å². The van der Waals surface area contributed by atoms with E-state index in [0.29, 0.717) is 17.3 Å². The lowest BCUT2D eigenvalue weighted by molar-refractivity contribution is -0.384. The van der Waals surface area contributed by atoms with Gasteiger partial charge in [-0.05, 0) is 58.7 Å². The van der Waals surface area contributed by atoms with Crippen molar-refractivity contribution in [3.63, 3.8) is 0 Å². The van der Waals surface area contributed by atoms with Crippen molar-refractivity contribution in [2.45, 2.75) is 39.7 Å². The molecule has 6 heteroatoms. The smallest absolute Gasteiger partial charge is 0.314 e. The number of piperidine rings is 1. The van der Waals surface area contributed by atoms with Crippen molar-refractivity contribution < 1.29 is 4.92 Å². The van der Waals surface area contributed by atoms with E-state index in [9.17, 15) is 10.1 Å². The first kappa shape index (κ1) is 15.7. The molecule has 0 aliphatic carbocycles. The van der Waals surface area contributed by atoms with Crippen LogP contribution in [0.3, 0.4) is 0 Å². The Hall–Kier alpha value is -1.69. The van der Waals surface area contributed by atoms with Crippen molar-refractivity contribution >= 4 is 11.5 Å². The van der Waals surface area contributed by atoms with Crippen molar-refractivity contribution in [1.29, 1.82) is 0 Å². The second kappa shape index (κ2) is 6.85. The van der Waals surface area contributed by atoms with Gasteiger partial charge in [0.2, 0.25) is 5.82 Å². The minimum atomic E-state index is -0.310. The molecule has 1 N–H and O–H groups in total. The molecule has 1 saturated heterocycles. The molecule has 1 aromatic rings. The van der Waals surface area contributed by atoms with Crippen LogP contribution in [0.25, 0.3) is 0 Å². The van der Waals surface area contributed by atoms with Crippen LogP contribution in [0.2, 0.25) is 0 Å². The number of aryl methyl sites for hydroxylation is 1. The van der Waals surface area contributed by atoms with Gasteiger partial charge in [0.05, 0.1) is 4.92 Å². The summed E-state index contributed by atoms with van der Waals surface area (Å²) < 4.78 is 0. The molecule has 6 nitrogen and oxygen atoms in total. The van der Waals surface area contributed by atoms with Crippen LogP contribution >= 0.6 is 0 Å². The first-order valence-electron chi connectivity index (χ1n) is 7.58. The molecule has 116 valence electrons. The molecule has 1 aromatic heterocycles. The lowest BCUT2D eigenvalue weighted by atomic mass is 9.97. The first-order chi connectivity index (χ1) is 10.0. The summed E-state index contributed by atoms with van der Waals surface area (Å²) in [7, 11) is 0. The second-order valence-electron chi connectivity index (χ2n) is 6.00. The number of hydrogen-bond donors (Lipinski definition) is 1. The Morgan fingerprint density at radius 3 is 2.71 bits per heavy atom. The third-order valence-corrected chi connectivity index (χ3v) is 4.10.